The number of aliphatic hydroxyl groups excluding tert-OH is 4. The van der Waals surface area contributed by atoms with E-state index in [2.05, 4.69) is 10.5 Å². The van der Waals surface area contributed by atoms with Crippen LogP contribution in [0.15, 0.2) is 47.1 Å². The van der Waals surface area contributed by atoms with Gasteiger partial charge in [0.25, 0.3) is 0 Å². The number of nitrogens with one attached hydrogen (secondary N) is 1. The van der Waals surface area contributed by atoms with Gasteiger partial charge in [-0.25, -0.2) is 4.39 Å². The Hall–Kier alpha value is -3.05. The molecule has 0 unspecified atom stereocenters. The van der Waals surface area contributed by atoms with Gasteiger partial charge < -0.3 is 54.6 Å². The maximum Gasteiger partial charge on any atom is 0.247 e. The van der Waals surface area contributed by atoms with E-state index >= 15 is 0 Å². The molecular weight excluding hydrogens is 654 g/mol. The van der Waals surface area contributed by atoms with Gasteiger partial charge in [-0.3, -0.25) is 4.79 Å². The molecule has 250 valence electrons. The number of halogens is 3. The summed E-state index contributed by atoms with van der Waals surface area (Å²) in [4.78, 5) is 18.1. The summed E-state index contributed by atoms with van der Waals surface area (Å²) in [6, 6.07) is 7.67. The summed E-state index contributed by atoms with van der Waals surface area (Å²) in [5.74, 6) is -1.22. The van der Waals surface area contributed by atoms with E-state index in [-0.39, 0.29) is 30.4 Å². The highest BCUT2D eigenvalue weighted by Gasteiger charge is 2.53. The maximum atomic E-state index is 14.9. The largest absolute Gasteiger partial charge is 0.504 e. The number of phenolic OH excluding ortho intramolecular Hbond substituents is 1. The number of carbonyl (C=O) groups is 1. The molecule has 0 radical (unpaired) electrons. The molecule has 16 heteroatoms. The third-order valence-electron chi connectivity index (χ3n) is 7.90. The fourth-order valence-corrected chi connectivity index (χ4v) is 5.81. The van der Waals surface area contributed by atoms with E-state index in [1.807, 2.05) is 0 Å². The van der Waals surface area contributed by atoms with E-state index in [1.165, 1.54) is 38.1 Å². The number of nitrogens with zero attached hydrogens (tertiary/aromatic N) is 1. The summed E-state index contributed by atoms with van der Waals surface area (Å²) in [6.07, 6.45) is -11.1. The number of ether oxygens (including phenoxy) is 4. The van der Waals surface area contributed by atoms with Crippen molar-refractivity contribution in [3.63, 3.8) is 0 Å². The summed E-state index contributed by atoms with van der Waals surface area (Å²) >= 11 is 12.0. The number of hydrogen-bond donors (Lipinski definition) is 6. The van der Waals surface area contributed by atoms with Gasteiger partial charge in [-0.2, -0.15) is 0 Å². The third kappa shape index (κ3) is 7.25. The average molecular weight is 688 g/mol. The van der Waals surface area contributed by atoms with Gasteiger partial charge in [0.2, 0.25) is 12.2 Å². The van der Waals surface area contributed by atoms with Gasteiger partial charge in [0.1, 0.15) is 56.1 Å². The van der Waals surface area contributed by atoms with Crippen molar-refractivity contribution in [3.8, 4) is 11.5 Å². The Kier molecular flexibility index (Phi) is 10.7. The zero-order valence-corrected chi connectivity index (χ0v) is 26.0. The highest BCUT2D eigenvalue weighted by atomic mass is 35.5. The fraction of sp³-hybridized carbons (Fsp3) is 0.467. The van der Waals surface area contributed by atoms with Crippen LogP contribution in [0.3, 0.4) is 0 Å². The number of carbonyl (C=O) groups excluding carboxylic acids is 1. The molecule has 2 heterocycles. The van der Waals surface area contributed by atoms with Gasteiger partial charge in [0.05, 0.1) is 11.8 Å². The van der Waals surface area contributed by atoms with Crippen molar-refractivity contribution in [2.75, 3.05) is 6.79 Å². The first-order valence-electron chi connectivity index (χ1n) is 14.2. The lowest BCUT2D eigenvalue weighted by Gasteiger charge is -2.41. The molecule has 3 fully saturated rings. The van der Waals surface area contributed by atoms with Gasteiger partial charge in [-0.1, -0.05) is 40.5 Å². The molecule has 0 spiro atoms. The van der Waals surface area contributed by atoms with Gasteiger partial charge in [-0.05, 0) is 49.8 Å². The van der Waals surface area contributed by atoms with Crippen LogP contribution in [0.5, 0.6) is 11.5 Å². The SMILES string of the molecule is C/C(=N/OCc1ccc(Cl)cc1Cl)[C@H]1O[C@@H](Oc2ccc(/C=C(\C)C(=O)N[C@@H]3[C@H](O)[C@@H](O)[C@H]4OCO[C@H]4[C@@H]3O)cc2O)[C@H](F)[C@@H]1O. The Labute approximate surface area is 272 Å². The highest BCUT2D eigenvalue weighted by molar-refractivity contribution is 6.35. The second kappa shape index (κ2) is 14.4. The van der Waals surface area contributed by atoms with E-state index in [4.69, 9.17) is 47.0 Å². The number of benzene rings is 2. The first-order chi connectivity index (χ1) is 21.8. The lowest BCUT2D eigenvalue weighted by Crippen LogP contribution is -2.67. The number of hydrogen-bond acceptors (Lipinski definition) is 12. The average Bonchev–Trinajstić information content (AvgIpc) is 3.62. The third-order valence-corrected chi connectivity index (χ3v) is 8.49. The monoisotopic (exact) mass is 686 g/mol. The molecule has 2 aromatic carbocycles. The summed E-state index contributed by atoms with van der Waals surface area (Å²) in [5, 5.41) is 59.6. The molecule has 2 aromatic rings. The maximum absolute atomic E-state index is 14.9. The first kappa shape index (κ1) is 34.3. The van der Waals surface area contributed by atoms with Crippen LogP contribution in [-0.4, -0.2) is 105 Å². The Morgan fingerprint density at radius 1 is 1.04 bits per heavy atom. The Morgan fingerprint density at radius 2 is 1.76 bits per heavy atom. The Balaban J connectivity index is 1.18. The summed E-state index contributed by atoms with van der Waals surface area (Å²) in [5.41, 5.74) is 1.24. The number of aromatic hydroxyl groups is 1. The zero-order chi connectivity index (χ0) is 33.3. The number of oxime groups is 1. The second-order valence-corrected chi connectivity index (χ2v) is 12.0. The molecule has 0 aromatic heterocycles. The van der Waals surface area contributed by atoms with Gasteiger partial charge in [-0.15, -0.1) is 0 Å². The van der Waals surface area contributed by atoms with Crippen LogP contribution < -0.4 is 10.1 Å². The number of fused-ring (bicyclic) bond motifs is 1. The lowest BCUT2D eigenvalue weighted by molar-refractivity contribution is -0.155. The molecule has 5 rings (SSSR count). The molecule has 1 aliphatic carbocycles. The van der Waals surface area contributed by atoms with Crippen LogP contribution in [0.4, 0.5) is 4.39 Å². The molecule has 1 amide bonds. The minimum Gasteiger partial charge on any atom is -0.504 e. The molecule has 1 saturated carbocycles. The zero-order valence-electron chi connectivity index (χ0n) is 24.5. The number of rotatable bonds is 9. The molecule has 2 aliphatic heterocycles. The van der Waals surface area contributed by atoms with Crippen molar-refractivity contribution in [1.82, 2.24) is 5.32 Å². The normalized spacial score (nSPS) is 33.1. The Bertz CT molecular complexity index is 1500. The van der Waals surface area contributed by atoms with Crippen molar-refractivity contribution in [1.29, 1.82) is 0 Å². The predicted octanol–water partition coefficient (Wildman–Crippen LogP) is 1.82. The second-order valence-electron chi connectivity index (χ2n) is 11.1. The van der Waals surface area contributed by atoms with E-state index in [0.717, 1.165) is 0 Å². The van der Waals surface area contributed by atoms with Crippen molar-refractivity contribution in [3.05, 3.63) is 63.1 Å². The van der Waals surface area contributed by atoms with Gasteiger partial charge in [0.15, 0.2) is 17.7 Å². The fourth-order valence-electron chi connectivity index (χ4n) is 5.35. The van der Waals surface area contributed by atoms with E-state index in [0.29, 0.717) is 21.2 Å². The van der Waals surface area contributed by atoms with Gasteiger partial charge in [0, 0.05) is 21.2 Å². The molecular formula is C30H33Cl2FN2O11. The Morgan fingerprint density at radius 3 is 2.46 bits per heavy atom. The molecule has 10 atom stereocenters. The lowest BCUT2D eigenvalue weighted by atomic mass is 9.83. The minimum absolute atomic E-state index is 0.0101. The number of aliphatic hydroxyl groups is 4. The van der Waals surface area contributed by atoms with Gasteiger partial charge >= 0.3 is 0 Å². The van der Waals surface area contributed by atoms with Crippen LogP contribution in [0, 0.1) is 0 Å². The molecule has 46 heavy (non-hydrogen) atoms. The van der Waals surface area contributed by atoms with Crippen LogP contribution in [0.2, 0.25) is 10.0 Å². The van der Waals surface area contributed by atoms with Crippen LogP contribution in [-0.2, 0) is 30.4 Å². The van der Waals surface area contributed by atoms with Crippen molar-refractivity contribution >= 4 is 40.9 Å². The van der Waals surface area contributed by atoms with Crippen LogP contribution in [0.1, 0.15) is 25.0 Å². The molecule has 13 nitrogen and oxygen atoms in total. The summed E-state index contributed by atoms with van der Waals surface area (Å²) < 4.78 is 36.5. The standard InChI is InChI=1S/C30H33Cl2FN2O11/c1-12(29(41)34-21-23(38)25(40)28-27(24(21)39)42-11-43-28)7-14-3-6-19(18(36)8-14)45-30-20(33)22(37)26(46-30)13(2)35-44-10-15-4-5-16(31)9-17(15)32/h3-9,20-28,30,36-40H,10-11H2,1-2H3,(H,34,41)/b12-7+,35-13-/t20-,21-,22+,23+,24-,25-,26-,27+,28-,30-/m1/s1. The predicted molar refractivity (Wildman–Crippen MR) is 161 cm³/mol. The smallest absolute Gasteiger partial charge is 0.247 e. The van der Waals surface area contributed by atoms with E-state index < -0.39 is 72.9 Å². The summed E-state index contributed by atoms with van der Waals surface area (Å²) in [7, 11) is 0. The molecule has 0 bridgehead atoms. The van der Waals surface area contributed by atoms with Crippen LogP contribution >= 0.6 is 23.2 Å². The van der Waals surface area contributed by atoms with Crippen LogP contribution in [0.25, 0.3) is 6.08 Å². The van der Waals surface area contributed by atoms with Crippen molar-refractivity contribution < 1.29 is 58.5 Å². The quantitative estimate of drug-likeness (QED) is 0.128. The number of phenols is 1. The molecule has 6 N–H and O–H groups in total. The topological polar surface area (TPSA) is 189 Å². The van der Waals surface area contributed by atoms with E-state index in [9.17, 15) is 34.7 Å². The highest BCUT2D eigenvalue weighted by Crippen LogP contribution is 2.34. The summed E-state index contributed by atoms with van der Waals surface area (Å²) in [6.45, 7) is 2.77. The molecule has 3 aliphatic rings. The minimum atomic E-state index is -1.99. The number of alkyl halides is 1. The molecule has 2 saturated heterocycles. The van der Waals surface area contributed by atoms with Crippen molar-refractivity contribution in [2.45, 2.75) is 81.7 Å². The van der Waals surface area contributed by atoms with E-state index in [1.54, 1.807) is 18.2 Å². The first-order valence-corrected chi connectivity index (χ1v) is 15.0. The number of amides is 1. The van der Waals surface area contributed by atoms with Crippen molar-refractivity contribution in [2.24, 2.45) is 5.16 Å².